The van der Waals surface area contributed by atoms with Crippen LogP contribution in [0.4, 0.5) is 0 Å². The van der Waals surface area contributed by atoms with Gasteiger partial charge in [-0.3, -0.25) is 9.69 Å². The summed E-state index contributed by atoms with van der Waals surface area (Å²) >= 11 is 0. The molecule has 1 unspecified atom stereocenters. The van der Waals surface area contributed by atoms with Crippen molar-refractivity contribution in [3.8, 4) is 0 Å². The Bertz CT molecular complexity index is 919. The molecule has 0 radical (unpaired) electrons. The van der Waals surface area contributed by atoms with Gasteiger partial charge in [-0.2, -0.15) is 0 Å². The van der Waals surface area contributed by atoms with Crippen LogP contribution in [0.5, 0.6) is 0 Å². The van der Waals surface area contributed by atoms with E-state index in [2.05, 4.69) is 25.2 Å². The van der Waals surface area contributed by atoms with Gasteiger partial charge in [0.05, 0.1) is 38.8 Å². The van der Waals surface area contributed by atoms with E-state index in [1.54, 1.807) is 4.68 Å². The Hall–Kier alpha value is -2.62. The van der Waals surface area contributed by atoms with Crippen LogP contribution in [0.3, 0.4) is 0 Å². The van der Waals surface area contributed by atoms with Crippen LogP contribution < -0.4 is 5.56 Å². The molecule has 0 aliphatic carbocycles. The molecule has 142 valence electrons. The summed E-state index contributed by atoms with van der Waals surface area (Å²) in [6.45, 7) is 4.94. The summed E-state index contributed by atoms with van der Waals surface area (Å²) in [7, 11) is 0. The number of H-pyrrole nitrogens is 1. The zero-order chi connectivity index (χ0) is 18.5. The van der Waals surface area contributed by atoms with E-state index in [0.717, 1.165) is 38.4 Å². The number of aromatic amines is 1. The van der Waals surface area contributed by atoms with E-state index >= 15 is 0 Å². The number of fused-ring (bicyclic) bond motifs is 1. The Morgan fingerprint density at radius 1 is 1.19 bits per heavy atom. The van der Waals surface area contributed by atoms with E-state index in [4.69, 9.17) is 9.47 Å². The Kier molecular flexibility index (Phi) is 5.52. The minimum atomic E-state index is -0.291. The lowest BCUT2D eigenvalue weighted by molar-refractivity contribution is -0.0249. The predicted molar refractivity (Wildman–Crippen MR) is 98.2 cm³/mol. The molecule has 0 amide bonds. The van der Waals surface area contributed by atoms with E-state index in [1.807, 2.05) is 30.3 Å². The van der Waals surface area contributed by atoms with Gasteiger partial charge < -0.3 is 14.5 Å². The molecule has 0 bridgehead atoms. The van der Waals surface area contributed by atoms with Crippen LogP contribution in [0.25, 0.3) is 11.2 Å². The van der Waals surface area contributed by atoms with Gasteiger partial charge >= 0.3 is 0 Å². The summed E-state index contributed by atoms with van der Waals surface area (Å²) in [6, 6.07) is 10.1. The molecule has 1 aliphatic heterocycles. The summed E-state index contributed by atoms with van der Waals surface area (Å²) in [6.07, 6.45) is 1.25. The maximum Gasteiger partial charge on any atom is 0.280 e. The molecule has 0 spiro atoms. The van der Waals surface area contributed by atoms with Gasteiger partial charge in [0.2, 0.25) is 0 Å². The topological polar surface area (TPSA) is 98.2 Å². The molecule has 9 nitrogen and oxygen atoms in total. The summed E-state index contributed by atoms with van der Waals surface area (Å²) < 4.78 is 13.3. The number of morpholine rings is 1. The summed E-state index contributed by atoms with van der Waals surface area (Å²) in [5, 5.41) is 8.06. The molecule has 27 heavy (non-hydrogen) atoms. The molecule has 1 fully saturated rings. The second-order valence-electron chi connectivity index (χ2n) is 6.51. The van der Waals surface area contributed by atoms with Gasteiger partial charge in [-0.25, -0.2) is 9.67 Å². The SMILES string of the molecule is O=c1[nH]cnc2c1nnn2CC(CN1CCOCC1)OCc1ccccc1. The van der Waals surface area contributed by atoms with Crippen LogP contribution in [0.2, 0.25) is 0 Å². The summed E-state index contributed by atoms with van der Waals surface area (Å²) in [4.78, 5) is 20.9. The molecule has 3 heterocycles. The highest BCUT2D eigenvalue weighted by Crippen LogP contribution is 2.10. The Balaban J connectivity index is 1.50. The van der Waals surface area contributed by atoms with Crippen LogP contribution in [-0.2, 0) is 22.6 Å². The molecule has 4 rings (SSSR count). The maximum atomic E-state index is 11.8. The number of nitrogens with one attached hydrogen (secondary N) is 1. The first-order valence-electron chi connectivity index (χ1n) is 9.02. The van der Waals surface area contributed by atoms with Crippen LogP contribution >= 0.6 is 0 Å². The number of benzene rings is 1. The molecule has 1 N–H and O–H groups in total. The van der Waals surface area contributed by atoms with Gasteiger partial charge in [0.15, 0.2) is 11.2 Å². The van der Waals surface area contributed by atoms with E-state index in [0.29, 0.717) is 18.8 Å². The highest BCUT2D eigenvalue weighted by atomic mass is 16.5. The van der Waals surface area contributed by atoms with E-state index in [1.165, 1.54) is 6.33 Å². The standard InChI is InChI=1S/C18H22N6O3/c25-18-16-17(19-13-20-18)24(22-21-16)11-15(10-23-6-8-26-9-7-23)27-12-14-4-2-1-3-5-14/h1-5,13,15H,6-12H2,(H,19,20,25). The minimum absolute atomic E-state index is 0.116. The van der Waals surface area contributed by atoms with Gasteiger partial charge in [0, 0.05) is 19.6 Å². The third kappa shape index (κ3) is 4.38. The molecule has 1 aromatic carbocycles. The lowest BCUT2D eigenvalue weighted by Gasteiger charge is -2.30. The Morgan fingerprint density at radius 2 is 2.00 bits per heavy atom. The summed E-state index contributed by atoms with van der Waals surface area (Å²) in [5.74, 6) is 0. The third-order valence-corrected chi connectivity index (χ3v) is 4.58. The van der Waals surface area contributed by atoms with Crippen molar-refractivity contribution in [3.63, 3.8) is 0 Å². The molecule has 0 saturated carbocycles. The molecule has 3 aromatic rings. The second kappa shape index (κ2) is 8.38. The Labute approximate surface area is 155 Å². The number of hydrogen-bond acceptors (Lipinski definition) is 7. The van der Waals surface area contributed by atoms with Crippen LogP contribution in [-0.4, -0.2) is 68.8 Å². The van der Waals surface area contributed by atoms with Crippen molar-refractivity contribution in [2.24, 2.45) is 0 Å². The fourth-order valence-electron chi connectivity index (χ4n) is 3.14. The van der Waals surface area contributed by atoms with Gasteiger partial charge in [-0.15, -0.1) is 5.10 Å². The van der Waals surface area contributed by atoms with Gasteiger partial charge in [0.25, 0.3) is 5.56 Å². The maximum absolute atomic E-state index is 11.8. The first-order valence-corrected chi connectivity index (χ1v) is 9.02. The molecular formula is C18H22N6O3. The normalized spacial score (nSPS) is 16.6. The number of nitrogens with zero attached hydrogens (tertiary/aromatic N) is 5. The van der Waals surface area contributed by atoms with E-state index in [-0.39, 0.29) is 17.2 Å². The molecule has 2 aromatic heterocycles. The molecular weight excluding hydrogens is 348 g/mol. The molecule has 1 saturated heterocycles. The Morgan fingerprint density at radius 3 is 2.81 bits per heavy atom. The van der Waals surface area contributed by atoms with Crippen molar-refractivity contribution >= 4 is 11.2 Å². The second-order valence-corrected chi connectivity index (χ2v) is 6.51. The predicted octanol–water partition coefficient (Wildman–Crippen LogP) is 0.432. The van der Waals surface area contributed by atoms with Gasteiger partial charge in [-0.1, -0.05) is 35.5 Å². The van der Waals surface area contributed by atoms with Gasteiger partial charge in [-0.05, 0) is 5.56 Å². The average molecular weight is 370 g/mol. The lowest BCUT2D eigenvalue weighted by Crippen LogP contribution is -2.43. The summed E-state index contributed by atoms with van der Waals surface area (Å²) in [5.41, 5.74) is 1.53. The smallest absolute Gasteiger partial charge is 0.280 e. The first kappa shape index (κ1) is 17.8. The van der Waals surface area contributed by atoms with Crippen molar-refractivity contribution in [2.45, 2.75) is 19.3 Å². The van der Waals surface area contributed by atoms with Crippen LogP contribution in [0.1, 0.15) is 5.56 Å². The number of hydrogen-bond donors (Lipinski definition) is 1. The van der Waals surface area contributed by atoms with Crippen LogP contribution in [0, 0.1) is 0 Å². The van der Waals surface area contributed by atoms with Crippen molar-refractivity contribution < 1.29 is 9.47 Å². The fourth-order valence-corrected chi connectivity index (χ4v) is 3.14. The molecule has 1 atom stereocenters. The third-order valence-electron chi connectivity index (χ3n) is 4.58. The molecule has 9 heteroatoms. The largest absolute Gasteiger partial charge is 0.379 e. The highest BCUT2D eigenvalue weighted by Gasteiger charge is 2.20. The van der Waals surface area contributed by atoms with Crippen molar-refractivity contribution in [1.29, 1.82) is 0 Å². The van der Waals surface area contributed by atoms with E-state index < -0.39 is 0 Å². The first-order chi connectivity index (χ1) is 13.3. The average Bonchev–Trinajstić information content (AvgIpc) is 3.12. The number of aromatic nitrogens is 5. The fraction of sp³-hybridized carbons (Fsp3) is 0.444. The van der Waals surface area contributed by atoms with Gasteiger partial charge in [0.1, 0.15) is 0 Å². The van der Waals surface area contributed by atoms with E-state index in [9.17, 15) is 4.79 Å². The monoisotopic (exact) mass is 370 g/mol. The minimum Gasteiger partial charge on any atom is -0.379 e. The number of ether oxygens (including phenoxy) is 2. The highest BCUT2D eigenvalue weighted by molar-refractivity contribution is 5.67. The zero-order valence-corrected chi connectivity index (χ0v) is 15.0. The van der Waals surface area contributed by atoms with Crippen LogP contribution in [0.15, 0.2) is 41.5 Å². The quantitative estimate of drug-likeness (QED) is 0.644. The lowest BCUT2D eigenvalue weighted by atomic mass is 10.2. The zero-order valence-electron chi connectivity index (χ0n) is 15.0. The molecule has 1 aliphatic rings. The van der Waals surface area contributed by atoms with Crippen molar-refractivity contribution in [3.05, 3.63) is 52.6 Å². The van der Waals surface area contributed by atoms with Crippen molar-refractivity contribution in [1.82, 2.24) is 29.9 Å². The number of rotatable bonds is 7. The van der Waals surface area contributed by atoms with Crippen molar-refractivity contribution in [2.75, 3.05) is 32.8 Å².